The highest BCUT2D eigenvalue weighted by atomic mass is 32.1. The first-order valence-corrected chi connectivity index (χ1v) is 10.6. The average molecular weight is 399 g/mol. The van der Waals surface area contributed by atoms with Crippen LogP contribution in [0.2, 0.25) is 0 Å². The van der Waals surface area contributed by atoms with Crippen molar-refractivity contribution >= 4 is 17.2 Å². The van der Waals surface area contributed by atoms with Crippen LogP contribution in [0.25, 0.3) is 0 Å². The molecule has 2 N–H and O–H groups in total. The highest BCUT2D eigenvalue weighted by molar-refractivity contribution is 7.10. The summed E-state index contributed by atoms with van der Waals surface area (Å²) in [5.41, 5.74) is 0.955. The number of hydrogen-bond acceptors (Lipinski definition) is 7. The molecular weight excluding hydrogens is 372 g/mol. The first-order valence-electron chi connectivity index (χ1n) is 9.70. The Kier molecular flexibility index (Phi) is 6.25. The number of anilines is 1. The molecule has 2 aromatic rings. The summed E-state index contributed by atoms with van der Waals surface area (Å²) >= 11 is 1.69. The van der Waals surface area contributed by atoms with Crippen LogP contribution in [-0.4, -0.2) is 83.0 Å². The van der Waals surface area contributed by atoms with E-state index in [1.54, 1.807) is 11.3 Å². The molecule has 28 heavy (non-hydrogen) atoms. The van der Waals surface area contributed by atoms with Crippen LogP contribution in [0, 0.1) is 11.8 Å². The van der Waals surface area contributed by atoms with Gasteiger partial charge in [-0.15, -0.1) is 11.3 Å². The van der Waals surface area contributed by atoms with Crippen LogP contribution in [0.4, 0.5) is 5.82 Å². The number of rotatable bonds is 4. The fourth-order valence-corrected chi connectivity index (χ4v) is 4.91. The summed E-state index contributed by atoms with van der Waals surface area (Å²) in [4.78, 5) is 12.8. The van der Waals surface area contributed by atoms with Crippen molar-refractivity contribution in [1.82, 2.24) is 14.8 Å². The number of pyridine rings is 1. The van der Waals surface area contributed by atoms with Gasteiger partial charge in [0.15, 0.2) is 0 Å². The predicted octanol–water partition coefficient (Wildman–Crippen LogP) is 0.854. The Balaban J connectivity index is 1.30. The summed E-state index contributed by atoms with van der Waals surface area (Å²) in [6.07, 6.45) is 1.53. The van der Waals surface area contributed by atoms with Gasteiger partial charge in [0.05, 0.1) is 6.10 Å². The molecule has 6 nitrogen and oxygen atoms in total. The minimum absolute atomic E-state index is 0.112. The van der Waals surface area contributed by atoms with Crippen LogP contribution in [-0.2, 0) is 6.54 Å². The number of aromatic nitrogens is 1. The van der Waals surface area contributed by atoms with Gasteiger partial charge in [-0.1, -0.05) is 17.9 Å². The molecule has 2 aromatic heterocycles. The second-order valence-corrected chi connectivity index (χ2v) is 8.30. The summed E-state index contributed by atoms with van der Waals surface area (Å²) in [5.74, 6) is 6.67. The molecule has 2 aliphatic heterocycles. The quantitative estimate of drug-likeness (QED) is 0.745. The highest BCUT2D eigenvalue weighted by Gasteiger charge is 2.36. The largest absolute Gasteiger partial charge is 0.390 e. The lowest BCUT2D eigenvalue weighted by Crippen LogP contribution is -2.53. The SMILES string of the molecule is OCC#Cc1csc(CN2C[C@H](O)[C@@H](N3CCN(c4ccccn4)CC3)C2)c1. The number of piperazine rings is 1. The topological polar surface area (TPSA) is 63.1 Å². The summed E-state index contributed by atoms with van der Waals surface area (Å²) < 4.78 is 0. The van der Waals surface area contributed by atoms with Gasteiger partial charge in [-0.3, -0.25) is 9.80 Å². The maximum absolute atomic E-state index is 10.6. The third-order valence-electron chi connectivity index (χ3n) is 5.44. The number of aliphatic hydroxyl groups is 2. The fourth-order valence-electron chi connectivity index (χ4n) is 4.05. The van der Waals surface area contributed by atoms with Crippen molar-refractivity contribution in [3.05, 3.63) is 46.3 Å². The summed E-state index contributed by atoms with van der Waals surface area (Å²) in [6, 6.07) is 8.30. The van der Waals surface area contributed by atoms with Crippen molar-refractivity contribution in [2.45, 2.75) is 18.7 Å². The second-order valence-electron chi connectivity index (χ2n) is 7.30. The molecule has 0 aromatic carbocycles. The van der Waals surface area contributed by atoms with Crippen molar-refractivity contribution in [1.29, 1.82) is 0 Å². The fraction of sp³-hybridized carbons (Fsp3) is 0.476. The Bertz CT molecular complexity index is 824. The Labute approximate surface area is 170 Å². The Hall–Kier alpha value is -1.95. The molecule has 0 amide bonds. The summed E-state index contributed by atoms with van der Waals surface area (Å²) in [6.45, 7) is 6.11. The van der Waals surface area contributed by atoms with E-state index in [0.717, 1.165) is 50.6 Å². The highest BCUT2D eigenvalue weighted by Crippen LogP contribution is 2.23. The minimum atomic E-state index is -0.310. The van der Waals surface area contributed by atoms with Gasteiger partial charge in [0.1, 0.15) is 12.4 Å². The molecule has 4 rings (SSSR count). The van der Waals surface area contributed by atoms with Crippen molar-refractivity contribution in [3.63, 3.8) is 0 Å². The van der Waals surface area contributed by atoms with Gasteiger partial charge in [0, 0.05) is 73.9 Å². The summed E-state index contributed by atoms with van der Waals surface area (Å²) in [5, 5.41) is 21.5. The molecule has 2 aliphatic rings. The van der Waals surface area contributed by atoms with Crippen LogP contribution in [0.5, 0.6) is 0 Å². The van der Waals surface area contributed by atoms with E-state index in [-0.39, 0.29) is 18.8 Å². The molecule has 2 fully saturated rings. The van der Waals surface area contributed by atoms with Crippen LogP contribution >= 0.6 is 11.3 Å². The molecule has 0 radical (unpaired) electrons. The van der Waals surface area contributed by atoms with Gasteiger partial charge >= 0.3 is 0 Å². The molecule has 0 spiro atoms. The molecule has 0 aliphatic carbocycles. The summed E-state index contributed by atoms with van der Waals surface area (Å²) in [7, 11) is 0. The zero-order valence-electron chi connectivity index (χ0n) is 15.9. The molecule has 0 unspecified atom stereocenters. The monoisotopic (exact) mass is 398 g/mol. The number of hydrogen-bond donors (Lipinski definition) is 2. The maximum atomic E-state index is 10.6. The van der Waals surface area contributed by atoms with Gasteiger partial charge in [-0.2, -0.15) is 0 Å². The normalized spacial score (nSPS) is 23.6. The molecule has 2 atom stereocenters. The first-order chi connectivity index (χ1) is 13.7. The van der Waals surface area contributed by atoms with Crippen LogP contribution < -0.4 is 4.90 Å². The van der Waals surface area contributed by atoms with E-state index < -0.39 is 0 Å². The minimum Gasteiger partial charge on any atom is -0.390 e. The number of nitrogens with zero attached hydrogens (tertiary/aromatic N) is 4. The van der Waals surface area contributed by atoms with Gasteiger partial charge < -0.3 is 15.1 Å². The smallest absolute Gasteiger partial charge is 0.128 e. The second kappa shape index (κ2) is 9.03. The number of thiophene rings is 1. The standard InChI is InChI=1S/C21H26N4O2S/c26-11-3-4-17-12-18(28-16-17)13-23-14-19(20(27)15-23)24-7-9-25(10-8-24)21-5-1-2-6-22-21/h1-2,5-6,12,16,19-20,26-27H,7-11,13-15H2/t19-,20-/m0/s1. The van der Waals surface area contributed by atoms with E-state index >= 15 is 0 Å². The third-order valence-corrected chi connectivity index (χ3v) is 6.36. The molecule has 7 heteroatoms. The van der Waals surface area contributed by atoms with Crippen LogP contribution in [0.1, 0.15) is 10.4 Å². The van der Waals surface area contributed by atoms with Crippen molar-refractivity contribution in [3.8, 4) is 11.8 Å². The molecule has 148 valence electrons. The molecular formula is C21H26N4O2S. The zero-order valence-corrected chi connectivity index (χ0v) is 16.7. The lowest BCUT2D eigenvalue weighted by molar-refractivity contribution is 0.0790. The number of β-amino-alcohol motifs (C(OH)–C–C–N with tert-alkyl or cyclic N) is 1. The van der Waals surface area contributed by atoms with E-state index in [4.69, 9.17) is 5.11 Å². The van der Waals surface area contributed by atoms with Crippen molar-refractivity contribution in [2.75, 3.05) is 50.8 Å². The van der Waals surface area contributed by atoms with Gasteiger partial charge in [-0.05, 0) is 18.2 Å². The van der Waals surface area contributed by atoms with Gasteiger partial charge in [-0.25, -0.2) is 4.98 Å². The van der Waals surface area contributed by atoms with Gasteiger partial charge in [0.2, 0.25) is 0 Å². The Morgan fingerprint density at radius 3 is 2.79 bits per heavy atom. The third kappa shape index (κ3) is 4.54. The Morgan fingerprint density at radius 1 is 1.18 bits per heavy atom. The van der Waals surface area contributed by atoms with E-state index in [1.165, 1.54) is 4.88 Å². The first kappa shape index (κ1) is 19.4. The molecule has 0 bridgehead atoms. The molecule has 2 saturated heterocycles. The molecule has 4 heterocycles. The Morgan fingerprint density at radius 2 is 2.04 bits per heavy atom. The van der Waals surface area contributed by atoms with Crippen molar-refractivity contribution < 1.29 is 10.2 Å². The van der Waals surface area contributed by atoms with E-state index in [2.05, 4.69) is 43.7 Å². The molecule has 0 saturated carbocycles. The van der Waals surface area contributed by atoms with Crippen LogP contribution in [0.15, 0.2) is 35.8 Å². The average Bonchev–Trinajstić information content (AvgIpc) is 3.33. The number of aliphatic hydroxyl groups excluding tert-OH is 2. The van der Waals surface area contributed by atoms with Crippen LogP contribution in [0.3, 0.4) is 0 Å². The lowest BCUT2D eigenvalue weighted by atomic mass is 10.1. The maximum Gasteiger partial charge on any atom is 0.128 e. The van der Waals surface area contributed by atoms with E-state index in [1.807, 2.05) is 23.7 Å². The lowest BCUT2D eigenvalue weighted by Gasteiger charge is -2.39. The van der Waals surface area contributed by atoms with E-state index in [9.17, 15) is 5.11 Å². The van der Waals surface area contributed by atoms with Gasteiger partial charge in [0.25, 0.3) is 0 Å². The predicted molar refractivity (Wildman–Crippen MR) is 111 cm³/mol. The number of likely N-dealkylation sites (tertiary alicyclic amines) is 1. The van der Waals surface area contributed by atoms with Crippen molar-refractivity contribution in [2.24, 2.45) is 0 Å². The zero-order chi connectivity index (χ0) is 19.3. The van der Waals surface area contributed by atoms with E-state index in [0.29, 0.717) is 6.54 Å².